The molecule has 3 aliphatic heterocycles. The zero-order valence-corrected chi connectivity index (χ0v) is 25.7. The first-order valence-electron chi connectivity index (χ1n) is 14.7. The van der Waals surface area contributed by atoms with E-state index in [1.54, 1.807) is 25.2 Å². The summed E-state index contributed by atoms with van der Waals surface area (Å²) in [5.74, 6) is -2.84. The zero-order chi connectivity index (χ0) is 32.8. The largest absolute Gasteiger partial charge is 0.488 e. The van der Waals surface area contributed by atoms with Crippen LogP contribution in [0.25, 0.3) is 0 Å². The summed E-state index contributed by atoms with van der Waals surface area (Å²) in [5, 5.41) is 0. The third kappa shape index (κ3) is 5.39. The summed E-state index contributed by atoms with van der Waals surface area (Å²) in [6.45, 7) is 7.45. The first-order valence-corrected chi connectivity index (χ1v) is 14.7. The number of benzene rings is 1. The number of hydrogen-bond donors (Lipinski definition) is 0. The molecule has 0 saturated carbocycles. The van der Waals surface area contributed by atoms with Crippen molar-refractivity contribution in [3.63, 3.8) is 0 Å². The fourth-order valence-corrected chi connectivity index (χ4v) is 6.56. The van der Waals surface area contributed by atoms with Crippen LogP contribution in [-0.2, 0) is 38.9 Å². The maximum atomic E-state index is 14.5. The van der Waals surface area contributed by atoms with Crippen molar-refractivity contribution in [3.8, 4) is 0 Å². The molecule has 1 fully saturated rings. The van der Waals surface area contributed by atoms with Crippen LogP contribution in [-0.4, -0.2) is 49.3 Å². The SMILES string of the molecule is CO[C@](C(=O)O[C@H]1/C=C2\C=CC(=C3C(=O)O[C@]4(C[C@H](C)C(C)=C[C@@]4(C)/C=C(C)/C=C\C1)C3=O)OC2)(c1ccccc1)C(F)(F)F. The van der Waals surface area contributed by atoms with Crippen molar-refractivity contribution in [2.24, 2.45) is 11.3 Å². The monoisotopic (exact) mass is 624 g/mol. The summed E-state index contributed by atoms with van der Waals surface area (Å²) >= 11 is 0. The van der Waals surface area contributed by atoms with E-state index in [1.165, 1.54) is 30.4 Å². The summed E-state index contributed by atoms with van der Waals surface area (Å²) in [4.78, 5) is 40.8. The third-order valence-electron chi connectivity index (χ3n) is 9.03. The number of rotatable bonds is 4. The topological polar surface area (TPSA) is 88.1 Å². The van der Waals surface area contributed by atoms with Gasteiger partial charge in [0.05, 0.1) is 5.41 Å². The smallest absolute Gasteiger partial charge is 0.432 e. The molecule has 4 bridgehead atoms. The van der Waals surface area contributed by atoms with E-state index in [0.29, 0.717) is 11.1 Å². The highest BCUT2D eigenvalue weighted by molar-refractivity contribution is 6.26. The van der Waals surface area contributed by atoms with Crippen molar-refractivity contribution in [2.75, 3.05) is 13.7 Å². The number of hydrogen-bond acceptors (Lipinski definition) is 7. The standard InChI is InChI=1S/C35H35F3O7/c1-21-10-9-13-26(44-31(41)34(42-5,35(36,37)38)25-11-7-6-8-12-25)16-24-14-15-27(43-20-24)28-29(39)33(45-30(28)40)19-23(3)22(2)18-32(33,4)17-21/h6-12,14-18,23,26H,13,19-20H2,1-5H3/b10-9-,21-17+,24-16+,28-27?/t23-,26+,32+,33+,34-/m0/s1. The van der Waals surface area contributed by atoms with E-state index in [-0.39, 0.29) is 36.7 Å². The van der Waals surface area contributed by atoms with Crippen molar-refractivity contribution in [1.82, 2.24) is 0 Å². The van der Waals surface area contributed by atoms with Crippen LogP contribution in [0.1, 0.15) is 46.1 Å². The lowest BCUT2D eigenvalue weighted by Crippen LogP contribution is -2.53. The van der Waals surface area contributed by atoms with Gasteiger partial charge in [-0.1, -0.05) is 78.8 Å². The predicted molar refractivity (Wildman–Crippen MR) is 158 cm³/mol. The van der Waals surface area contributed by atoms with Gasteiger partial charge in [-0.2, -0.15) is 13.2 Å². The molecule has 7 nitrogen and oxygen atoms in total. The van der Waals surface area contributed by atoms with Crippen LogP contribution < -0.4 is 0 Å². The number of ether oxygens (including phenoxy) is 4. The van der Waals surface area contributed by atoms with Crippen molar-refractivity contribution in [2.45, 2.75) is 64.0 Å². The van der Waals surface area contributed by atoms with E-state index in [4.69, 9.17) is 18.9 Å². The quantitative estimate of drug-likeness (QED) is 0.214. The van der Waals surface area contributed by atoms with Crippen molar-refractivity contribution < 1.29 is 46.5 Å². The Labute approximate surface area is 259 Å². The summed E-state index contributed by atoms with van der Waals surface area (Å²) in [6.07, 6.45) is 5.73. The average Bonchev–Trinajstić information content (AvgIpc) is 3.22. The average molecular weight is 625 g/mol. The maximum absolute atomic E-state index is 14.5. The zero-order valence-electron chi connectivity index (χ0n) is 25.7. The van der Waals surface area contributed by atoms with Gasteiger partial charge in [-0.05, 0) is 44.4 Å². The second-order valence-corrected chi connectivity index (χ2v) is 12.1. The predicted octanol–water partition coefficient (Wildman–Crippen LogP) is 6.53. The minimum absolute atomic E-state index is 0.0230. The minimum atomic E-state index is -5.13. The van der Waals surface area contributed by atoms with E-state index >= 15 is 0 Å². The fourth-order valence-electron chi connectivity index (χ4n) is 6.56. The van der Waals surface area contributed by atoms with Gasteiger partial charge in [0.1, 0.15) is 24.0 Å². The highest BCUT2D eigenvalue weighted by Gasteiger charge is 2.65. The normalized spacial score (nSPS) is 32.8. The Balaban J connectivity index is 1.59. The third-order valence-corrected chi connectivity index (χ3v) is 9.03. The highest BCUT2D eigenvalue weighted by atomic mass is 19.4. The number of Topliss-reactive ketones (excluding diaryl/α,β-unsaturated/α-hetero) is 1. The molecule has 0 aromatic heterocycles. The molecule has 3 heterocycles. The van der Waals surface area contributed by atoms with E-state index in [9.17, 15) is 27.6 Å². The molecule has 0 radical (unpaired) electrons. The number of methoxy groups -OCH3 is 1. The van der Waals surface area contributed by atoms with Gasteiger partial charge >= 0.3 is 18.1 Å². The first kappa shape index (κ1) is 32.2. The number of allylic oxidation sites excluding steroid dienone is 4. The molecule has 45 heavy (non-hydrogen) atoms. The molecule has 1 aromatic carbocycles. The number of esters is 2. The van der Waals surface area contributed by atoms with Crippen LogP contribution in [0.3, 0.4) is 0 Å². The Bertz CT molecular complexity index is 1600. The minimum Gasteiger partial charge on any atom is -0.488 e. The maximum Gasteiger partial charge on any atom is 0.432 e. The molecule has 5 aliphatic rings. The van der Waals surface area contributed by atoms with Crippen LogP contribution in [0, 0.1) is 11.3 Å². The Kier molecular flexibility index (Phi) is 8.33. The van der Waals surface area contributed by atoms with Gasteiger partial charge in [0.2, 0.25) is 5.78 Å². The Morgan fingerprint density at radius 2 is 1.76 bits per heavy atom. The first-order chi connectivity index (χ1) is 21.2. The summed E-state index contributed by atoms with van der Waals surface area (Å²) in [6, 6.07) is 6.60. The van der Waals surface area contributed by atoms with Gasteiger partial charge in [-0.15, -0.1) is 0 Å². The van der Waals surface area contributed by atoms with Crippen LogP contribution in [0.2, 0.25) is 0 Å². The summed E-state index contributed by atoms with van der Waals surface area (Å²) < 4.78 is 65.9. The van der Waals surface area contributed by atoms with Gasteiger partial charge in [-0.25, -0.2) is 9.59 Å². The molecule has 0 N–H and O–H groups in total. The molecular formula is C35H35F3O7. The number of fused-ring (bicyclic) bond motifs is 5. The molecule has 5 atom stereocenters. The van der Waals surface area contributed by atoms with Gasteiger partial charge in [0.25, 0.3) is 5.60 Å². The second-order valence-electron chi connectivity index (χ2n) is 12.1. The lowest BCUT2D eigenvalue weighted by atomic mass is 9.61. The van der Waals surface area contributed by atoms with Gasteiger partial charge < -0.3 is 18.9 Å². The van der Waals surface area contributed by atoms with E-state index in [1.807, 2.05) is 32.9 Å². The van der Waals surface area contributed by atoms with Gasteiger partial charge in [-0.3, -0.25) is 4.79 Å². The van der Waals surface area contributed by atoms with Crippen molar-refractivity contribution in [1.29, 1.82) is 0 Å². The van der Waals surface area contributed by atoms with E-state index < -0.39 is 52.2 Å². The lowest BCUT2D eigenvalue weighted by molar-refractivity contribution is -0.277. The number of carbonyl (C=O) groups excluding carboxylic acids is 3. The van der Waals surface area contributed by atoms with Crippen molar-refractivity contribution in [3.05, 3.63) is 106 Å². The second kappa shape index (κ2) is 11.6. The van der Waals surface area contributed by atoms with Gasteiger partial charge in [0, 0.05) is 25.5 Å². The van der Waals surface area contributed by atoms with Crippen LogP contribution >= 0.6 is 0 Å². The Hall–Kier alpha value is -4.18. The molecule has 2 aliphatic carbocycles. The molecule has 0 unspecified atom stereocenters. The number of halogens is 3. The molecule has 238 valence electrons. The number of alkyl halides is 3. The lowest BCUT2D eigenvalue weighted by Gasteiger charge is -2.45. The van der Waals surface area contributed by atoms with Crippen molar-refractivity contribution >= 4 is 17.7 Å². The fraction of sp³-hybridized carbons (Fsp3) is 0.400. The van der Waals surface area contributed by atoms with E-state index in [2.05, 4.69) is 0 Å². The summed E-state index contributed by atoms with van der Waals surface area (Å²) in [7, 11) is 0.813. The van der Waals surface area contributed by atoms with E-state index in [0.717, 1.165) is 24.8 Å². The van der Waals surface area contributed by atoms with Crippen LogP contribution in [0.15, 0.2) is 101 Å². The molecule has 10 heteroatoms. The Morgan fingerprint density at radius 1 is 1.04 bits per heavy atom. The number of ketones is 1. The number of carbonyl (C=O) groups is 3. The molecule has 1 aromatic rings. The van der Waals surface area contributed by atoms with Gasteiger partial charge in [0.15, 0.2) is 5.60 Å². The molecule has 6 rings (SSSR count). The highest BCUT2D eigenvalue weighted by Crippen LogP contribution is 2.53. The Morgan fingerprint density at radius 3 is 2.38 bits per heavy atom. The van der Waals surface area contributed by atoms with Crippen LogP contribution in [0.5, 0.6) is 0 Å². The summed E-state index contributed by atoms with van der Waals surface area (Å²) in [5.41, 5.74) is -4.24. The van der Waals surface area contributed by atoms with Crippen LogP contribution in [0.4, 0.5) is 13.2 Å². The molecule has 1 saturated heterocycles. The molecular weight excluding hydrogens is 589 g/mol. The molecule has 0 amide bonds. The molecule has 1 spiro atoms.